The molecule has 5 rings (SSSR count). The number of hydrogen-bond donors (Lipinski definition) is 2. The number of likely N-dealkylation sites (tertiary alicyclic amines) is 1. The van der Waals surface area contributed by atoms with Crippen LogP contribution in [0.3, 0.4) is 0 Å². The van der Waals surface area contributed by atoms with Gasteiger partial charge in [-0.3, -0.25) is 14.5 Å². The molecule has 34 heavy (non-hydrogen) atoms. The first-order valence-electron chi connectivity index (χ1n) is 11.9. The van der Waals surface area contributed by atoms with E-state index in [-0.39, 0.29) is 11.8 Å². The molecular formula is C28H29N3O3. The van der Waals surface area contributed by atoms with Crippen LogP contribution in [0, 0.1) is 0 Å². The summed E-state index contributed by atoms with van der Waals surface area (Å²) in [6, 6.07) is 21.5. The van der Waals surface area contributed by atoms with E-state index in [9.17, 15) is 9.59 Å². The summed E-state index contributed by atoms with van der Waals surface area (Å²) < 4.78 is 5.60. The maximum atomic E-state index is 13.1. The molecule has 0 radical (unpaired) electrons. The highest BCUT2D eigenvalue weighted by atomic mass is 16.5. The van der Waals surface area contributed by atoms with E-state index in [4.69, 9.17) is 4.74 Å². The number of benzene rings is 3. The lowest BCUT2D eigenvalue weighted by molar-refractivity contribution is -0.122. The number of nitrogens with one attached hydrogen (secondary N) is 2. The lowest BCUT2D eigenvalue weighted by Crippen LogP contribution is -2.34. The second-order valence-electron chi connectivity index (χ2n) is 8.99. The first-order chi connectivity index (χ1) is 16.6. The standard InChI is InChI=1S/C28H29N3O3/c1-19-27(32)30-25-17-23(11-13-26(25)34-19)29-28(33)21-10-12-24(20-8-4-2-5-9-20)22(16-21)18-31-14-6-3-7-15-31/h2,4-5,8-13,16-17,19H,3,6-7,14-15,18H2,1H3,(H,29,33)(H,30,32)/t19-/m1/s1. The number of hydrogen-bond acceptors (Lipinski definition) is 4. The van der Waals surface area contributed by atoms with Gasteiger partial charge < -0.3 is 15.4 Å². The van der Waals surface area contributed by atoms with E-state index in [0.717, 1.165) is 36.3 Å². The number of ether oxygens (including phenoxy) is 1. The summed E-state index contributed by atoms with van der Waals surface area (Å²) in [5.41, 5.74) is 5.24. The predicted octanol–water partition coefficient (Wildman–Crippen LogP) is 5.31. The average Bonchev–Trinajstić information content (AvgIpc) is 2.86. The van der Waals surface area contributed by atoms with Crippen molar-refractivity contribution in [1.82, 2.24) is 4.90 Å². The summed E-state index contributed by atoms with van der Waals surface area (Å²) >= 11 is 0. The van der Waals surface area contributed by atoms with Gasteiger partial charge in [0.15, 0.2) is 6.10 Å². The van der Waals surface area contributed by atoms with E-state index in [2.05, 4.69) is 27.7 Å². The van der Waals surface area contributed by atoms with Crippen LogP contribution in [-0.2, 0) is 11.3 Å². The van der Waals surface area contributed by atoms with Crippen LogP contribution in [0.15, 0.2) is 66.7 Å². The van der Waals surface area contributed by atoms with E-state index in [1.165, 1.54) is 19.3 Å². The molecule has 3 aromatic rings. The van der Waals surface area contributed by atoms with Gasteiger partial charge in [0.1, 0.15) is 5.75 Å². The molecule has 3 aromatic carbocycles. The molecule has 0 spiro atoms. The Hall–Kier alpha value is -3.64. The quantitative estimate of drug-likeness (QED) is 0.547. The Morgan fingerprint density at radius 3 is 2.62 bits per heavy atom. The molecule has 0 aliphatic carbocycles. The normalized spacial score (nSPS) is 17.9. The lowest BCUT2D eigenvalue weighted by Gasteiger charge is -2.27. The number of carbonyl (C=O) groups excluding carboxylic acids is 2. The number of carbonyl (C=O) groups is 2. The van der Waals surface area contributed by atoms with Crippen molar-refractivity contribution in [1.29, 1.82) is 0 Å². The zero-order valence-corrected chi connectivity index (χ0v) is 19.3. The Bertz CT molecular complexity index is 1200. The fraction of sp³-hybridized carbons (Fsp3) is 0.286. The van der Waals surface area contributed by atoms with Crippen molar-refractivity contribution in [3.05, 3.63) is 77.9 Å². The van der Waals surface area contributed by atoms with Gasteiger partial charge in [-0.05, 0) is 79.9 Å². The smallest absolute Gasteiger partial charge is 0.265 e. The molecule has 2 aliphatic heterocycles. The maximum absolute atomic E-state index is 13.1. The van der Waals surface area contributed by atoms with Gasteiger partial charge in [-0.2, -0.15) is 0 Å². The van der Waals surface area contributed by atoms with Crippen LogP contribution in [0.1, 0.15) is 42.1 Å². The van der Waals surface area contributed by atoms with Crippen LogP contribution in [0.5, 0.6) is 5.75 Å². The maximum Gasteiger partial charge on any atom is 0.265 e. The Morgan fingerprint density at radius 1 is 1.03 bits per heavy atom. The fourth-order valence-electron chi connectivity index (χ4n) is 4.61. The highest BCUT2D eigenvalue weighted by Crippen LogP contribution is 2.33. The third-order valence-electron chi connectivity index (χ3n) is 6.46. The summed E-state index contributed by atoms with van der Waals surface area (Å²) in [6.45, 7) is 4.71. The van der Waals surface area contributed by atoms with Gasteiger partial charge in [-0.1, -0.05) is 42.8 Å². The summed E-state index contributed by atoms with van der Waals surface area (Å²) in [5, 5.41) is 5.79. The van der Waals surface area contributed by atoms with Gasteiger partial charge in [0.05, 0.1) is 5.69 Å². The van der Waals surface area contributed by atoms with E-state index in [1.807, 2.05) is 36.4 Å². The Labute approximate surface area is 199 Å². The number of piperidine rings is 1. The van der Waals surface area contributed by atoms with E-state index in [1.54, 1.807) is 25.1 Å². The van der Waals surface area contributed by atoms with Crippen LogP contribution in [0.2, 0.25) is 0 Å². The van der Waals surface area contributed by atoms with Gasteiger partial charge in [0, 0.05) is 17.8 Å². The van der Waals surface area contributed by atoms with Crippen LogP contribution in [0.4, 0.5) is 11.4 Å². The minimum Gasteiger partial charge on any atom is -0.479 e. The number of anilines is 2. The number of rotatable bonds is 5. The minimum absolute atomic E-state index is 0.184. The number of nitrogens with zero attached hydrogens (tertiary/aromatic N) is 1. The van der Waals surface area contributed by atoms with Crippen LogP contribution < -0.4 is 15.4 Å². The minimum atomic E-state index is -0.533. The van der Waals surface area contributed by atoms with Crippen LogP contribution >= 0.6 is 0 Å². The molecule has 1 atom stereocenters. The van der Waals surface area contributed by atoms with Crippen molar-refractivity contribution < 1.29 is 14.3 Å². The molecule has 0 aromatic heterocycles. The van der Waals surface area contributed by atoms with Crippen LogP contribution in [0.25, 0.3) is 11.1 Å². The molecular weight excluding hydrogens is 426 g/mol. The summed E-state index contributed by atoms with van der Waals surface area (Å²) in [5.74, 6) is 0.215. The fourth-order valence-corrected chi connectivity index (χ4v) is 4.61. The van der Waals surface area contributed by atoms with Gasteiger partial charge in [0.2, 0.25) is 0 Å². The van der Waals surface area contributed by atoms with Crippen molar-refractivity contribution in [2.75, 3.05) is 23.7 Å². The average molecular weight is 456 g/mol. The molecule has 1 fully saturated rings. The molecule has 0 saturated carbocycles. The van der Waals surface area contributed by atoms with E-state index in [0.29, 0.717) is 22.7 Å². The van der Waals surface area contributed by atoms with Crippen molar-refractivity contribution in [3.63, 3.8) is 0 Å². The van der Waals surface area contributed by atoms with Gasteiger partial charge in [-0.25, -0.2) is 0 Å². The molecule has 2 aliphatic rings. The second kappa shape index (κ2) is 9.69. The number of amides is 2. The zero-order chi connectivity index (χ0) is 23.5. The first-order valence-corrected chi connectivity index (χ1v) is 11.9. The zero-order valence-electron chi connectivity index (χ0n) is 19.3. The summed E-state index contributed by atoms with van der Waals surface area (Å²) in [7, 11) is 0. The van der Waals surface area contributed by atoms with E-state index >= 15 is 0 Å². The van der Waals surface area contributed by atoms with Crippen molar-refractivity contribution in [2.45, 2.75) is 38.8 Å². The third-order valence-corrected chi connectivity index (χ3v) is 6.46. The first kappa shape index (κ1) is 22.2. The monoisotopic (exact) mass is 455 g/mol. The summed E-state index contributed by atoms with van der Waals surface area (Å²) in [4.78, 5) is 27.6. The molecule has 174 valence electrons. The third kappa shape index (κ3) is 4.82. The second-order valence-corrected chi connectivity index (χ2v) is 8.99. The summed E-state index contributed by atoms with van der Waals surface area (Å²) in [6.07, 6.45) is 3.20. The highest BCUT2D eigenvalue weighted by molar-refractivity contribution is 6.05. The Balaban J connectivity index is 1.39. The van der Waals surface area contributed by atoms with E-state index < -0.39 is 6.10 Å². The van der Waals surface area contributed by atoms with Gasteiger partial charge in [0.25, 0.3) is 11.8 Å². The highest BCUT2D eigenvalue weighted by Gasteiger charge is 2.24. The largest absolute Gasteiger partial charge is 0.479 e. The molecule has 1 saturated heterocycles. The molecule has 6 nitrogen and oxygen atoms in total. The molecule has 2 heterocycles. The van der Waals surface area contributed by atoms with Gasteiger partial charge in [-0.15, -0.1) is 0 Å². The molecule has 6 heteroatoms. The Morgan fingerprint density at radius 2 is 1.82 bits per heavy atom. The van der Waals surface area contributed by atoms with Crippen molar-refractivity contribution in [2.24, 2.45) is 0 Å². The predicted molar refractivity (Wildman–Crippen MR) is 134 cm³/mol. The molecule has 2 amide bonds. The van der Waals surface area contributed by atoms with Crippen LogP contribution in [-0.4, -0.2) is 35.9 Å². The molecule has 2 N–H and O–H groups in total. The molecule has 0 bridgehead atoms. The Kier molecular flexibility index (Phi) is 6.32. The SMILES string of the molecule is C[C@H]1Oc2ccc(NC(=O)c3ccc(-c4ccccc4)c(CN4CCCCC4)c3)cc2NC1=O. The van der Waals surface area contributed by atoms with Gasteiger partial charge >= 0.3 is 0 Å². The molecule has 0 unspecified atom stereocenters. The lowest BCUT2D eigenvalue weighted by atomic mass is 9.96. The van der Waals surface area contributed by atoms with Crippen molar-refractivity contribution >= 4 is 23.2 Å². The number of fused-ring (bicyclic) bond motifs is 1. The topological polar surface area (TPSA) is 70.7 Å². The van der Waals surface area contributed by atoms with Crippen molar-refractivity contribution in [3.8, 4) is 16.9 Å².